The number of aliphatic hydroxyl groups is 1. The minimum atomic E-state index is -4.41. The fraction of sp³-hybridized carbons (Fsp3) is 0.316. The number of rotatable bonds is 7. The molecule has 11 nitrogen and oxygen atoms in total. The van der Waals surface area contributed by atoms with E-state index >= 15 is 0 Å². The molecule has 2 aromatic carbocycles. The van der Waals surface area contributed by atoms with Crippen molar-refractivity contribution in [1.82, 2.24) is 8.61 Å². The molecular formula is C19H23N3O8S2. The maximum absolute atomic E-state index is 13.3. The SMILES string of the molecule is COc1ccc(S(=O)(=O)N2CC(O)CN(S(=O)(=O)c3ccc(OC)cc3)C2C(N)=O)cc1. The molecule has 0 aromatic heterocycles. The maximum atomic E-state index is 13.3. The molecule has 0 radical (unpaired) electrons. The van der Waals surface area contributed by atoms with Gasteiger partial charge in [0, 0.05) is 13.1 Å². The molecule has 1 aliphatic heterocycles. The summed E-state index contributed by atoms with van der Waals surface area (Å²) in [5, 5.41) is 10.3. The zero-order valence-electron chi connectivity index (χ0n) is 17.3. The summed E-state index contributed by atoms with van der Waals surface area (Å²) in [6.07, 6.45) is -3.27. The van der Waals surface area contributed by atoms with Crippen LogP contribution in [-0.4, -0.2) is 76.0 Å². The van der Waals surface area contributed by atoms with Gasteiger partial charge in [0.25, 0.3) is 5.91 Å². The van der Waals surface area contributed by atoms with Crippen molar-refractivity contribution in [2.24, 2.45) is 5.73 Å². The average Bonchev–Trinajstić information content (AvgIpc) is 2.78. The van der Waals surface area contributed by atoms with Crippen molar-refractivity contribution in [2.75, 3.05) is 27.3 Å². The van der Waals surface area contributed by atoms with E-state index < -0.39 is 51.3 Å². The number of aliphatic hydroxyl groups excluding tert-OH is 1. The number of nitrogens with zero attached hydrogens (tertiary/aromatic N) is 2. The van der Waals surface area contributed by atoms with E-state index in [2.05, 4.69) is 0 Å². The first-order valence-electron chi connectivity index (χ1n) is 9.31. The van der Waals surface area contributed by atoms with Gasteiger partial charge in [0.1, 0.15) is 11.5 Å². The highest BCUT2D eigenvalue weighted by molar-refractivity contribution is 7.90. The number of carbonyl (C=O) groups excluding carboxylic acids is 1. The van der Waals surface area contributed by atoms with Crippen molar-refractivity contribution < 1.29 is 36.2 Å². The second-order valence-electron chi connectivity index (χ2n) is 6.93. The van der Waals surface area contributed by atoms with Crippen molar-refractivity contribution >= 4 is 26.0 Å². The number of carbonyl (C=O) groups is 1. The number of amides is 1. The van der Waals surface area contributed by atoms with Crippen LogP contribution < -0.4 is 15.2 Å². The van der Waals surface area contributed by atoms with Gasteiger partial charge >= 0.3 is 0 Å². The molecular weight excluding hydrogens is 462 g/mol. The molecule has 2 aromatic rings. The lowest BCUT2D eigenvalue weighted by Gasteiger charge is -2.42. The normalized spacial score (nSPS) is 20.6. The molecule has 0 atom stereocenters. The summed E-state index contributed by atoms with van der Waals surface area (Å²) in [7, 11) is -5.99. The molecule has 3 N–H and O–H groups in total. The van der Waals surface area contributed by atoms with Crippen LogP contribution in [0.3, 0.4) is 0 Å². The van der Waals surface area contributed by atoms with Crippen molar-refractivity contribution in [2.45, 2.75) is 22.1 Å². The lowest BCUT2D eigenvalue weighted by Crippen LogP contribution is -2.66. The zero-order valence-corrected chi connectivity index (χ0v) is 18.9. The van der Waals surface area contributed by atoms with Gasteiger partial charge in [0.2, 0.25) is 20.0 Å². The van der Waals surface area contributed by atoms with Crippen molar-refractivity contribution in [1.29, 1.82) is 0 Å². The number of primary amides is 1. The number of hydrogen-bond acceptors (Lipinski definition) is 8. The summed E-state index contributed by atoms with van der Waals surface area (Å²) in [6, 6.07) is 10.6. The Balaban J connectivity index is 2.07. The summed E-state index contributed by atoms with van der Waals surface area (Å²) in [5.74, 6) is -0.401. The summed E-state index contributed by atoms with van der Waals surface area (Å²) < 4.78 is 64.3. The van der Waals surface area contributed by atoms with Gasteiger partial charge in [-0.1, -0.05) is 0 Å². The van der Waals surface area contributed by atoms with Crippen LogP contribution in [0, 0.1) is 0 Å². The van der Waals surface area contributed by atoms with Gasteiger partial charge in [0.05, 0.1) is 30.1 Å². The van der Waals surface area contributed by atoms with Crippen molar-refractivity contribution in [3.8, 4) is 11.5 Å². The Kier molecular flexibility index (Phi) is 6.76. The number of benzene rings is 2. The highest BCUT2D eigenvalue weighted by atomic mass is 32.2. The van der Waals surface area contributed by atoms with E-state index in [1.54, 1.807) is 0 Å². The highest BCUT2D eigenvalue weighted by Crippen LogP contribution is 2.30. The Morgan fingerprint density at radius 2 is 1.19 bits per heavy atom. The van der Waals surface area contributed by atoms with E-state index in [1.807, 2.05) is 0 Å². The molecule has 0 aliphatic carbocycles. The Bertz CT molecular complexity index is 1090. The molecule has 1 fully saturated rings. The van der Waals surface area contributed by atoms with Gasteiger partial charge in [0.15, 0.2) is 6.17 Å². The van der Waals surface area contributed by atoms with Gasteiger partial charge in [-0.25, -0.2) is 16.8 Å². The second-order valence-corrected chi connectivity index (χ2v) is 10.7. The van der Waals surface area contributed by atoms with Crippen LogP contribution in [0.25, 0.3) is 0 Å². The van der Waals surface area contributed by atoms with E-state index in [0.29, 0.717) is 20.1 Å². The van der Waals surface area contributed by atoms with Gasteiger partial charge < -0.3 is 20.3 Å². The second kappa shape index (κ2) is 9.03. The van der Waals surface area contributed by atoms with Crippen molar-refractivity contribution in [3.63, 3.8) is 0 Å². The number of methoxy groups -OCH3 is 2. The first-order valence-corrected chi connectivity index (χ1v) is 12.2. The lowest BCUT2D eigenvalue weighted by molar-refractivity contribution is -0.128. The largest absolute Gasteiger partial charge is 0.497 e. The molecule has 0 bridgehead atoms. The van der Waals surface area contributed by atoms with Gasteiger partial charge in [-0.15, -0.1) is 0 Å². The third kappa shape index (κ3) is 4.42. The summed E-state index contributed by atoms with van der Waals surface area (Å²) in [6.45, 7) is -1.03. The third-order valence-corrected chi connectivity index (χ3v) is 8.58. The molecule has 1 heterocycles. The Labute approximate surface area is 186 Å². The predicted octanol–water partition coefficient (Wildman–Crippen LogP) is -0.429. The molecule has 1 aliphatic rings. The van der Waals surface area contributed by atoms with Crippen LogP contribution in [0.2, 0.25) is 0 Å². The topological polar surface area (TPSA) is 157 Å². The molecule has 32 heavy (non-hydrogen) atoms. The Hall–Kier alpha value is -2.71. The number of sulfonamides is 2. The van der Waals surface area contributed by atoms with E-state index in [-0.39, 0.29) is 9.79 Å². The number of nitrogens with two attached hydrogens (primary N) is 1. The average molecular weight is 486 g/mol. The lowest BCUT2D eigenvalue weighted by atomic mass is 10.2. The number of β-amino-alcohol motifs (C(OH)–C–C–N with tert-alkyl or cyclic N) is 1. The first kappa shape index (κ1) is 23.9. The van der Waals surface area contributed by atoms with Crippen LogP contribution in [0.5, 0.6) is 11.5 Å². The Morgan fingerprint density at radius 1 is 0.844 bits per heavy atom. The third-order valence-electron chi connectivity index (χ3n) is 4.91. The van der Waals surface area contributed by atoms with Crippen LogP contribution in [0.4, 0.5) is 0 Å². The van der Waals surface area contributed by atoms with Gasteiger partial charge in [-0.2, -0.15) is 8.61 Å². The number of hydrogen-bond donors (Lipinski definition) is 2. The summed E-state index contributed by atoms with van der Waals surface area (Å²) in [5.41, 5.74) is 5.46. The number of ether oxygens (including phenoxy) is 2. The monoisotopic (exact) mass is 485 g/mol. The molecule has 3 rings (SSSR count). The van der Waals surface area contributed by atoms with E-state index in [1.165, 1.54) is 62.8 Å². The predicted molar refractivity (Wildman–Crippen MR) is 113 cm³/mol. The standard InChI is InChI=1S/C19H23N3O8S2/c1-29-14-3-7-16(8-4-14)31(25,26)21-11-13(23)12-22(19(21)18(20)24)32(27,28)17-9-5-15(30-2)6-10-17/h3-10,13,19,23H,11-12H2,1-2H3,(H2,20,24). The van der Waals surface area contributed by atoms with E-state index in [4.69, 9.17) is 15.2 Å². The fourth-order valence-corrected chi connectivity index (χ4v) is 6.58. The smallest absolute Gasteiger partial charge is 0.251 e. The quantitative estimate of drug-likeness (QED) is 0.535. The molecule has 0 saturated carbocycles. The molecule has 174 valence electrons. The molecule has 13 heteroatoms. The van der Waals surface area contributed by atoms with Crippen LogP contribution in [0.1, 0.15) is 0 Å². The molecule has 0 spiro atoms. The van der Waals surface area contributed by atoms with E-state index in [0.717, 1.165) is 0 Å². The summed E-state index contributed by atoms with van der Waals surface area (Å²) in [4.78, 5) is 11.9. The minimum Gasteiger partial charge on any atom is -0.497 e. The van der Waals surface area contributed by atoms with E-state index in [9.17, 15) is 26.7 Å². The molecule has 1 saturated heterocycles. The zero-order chi connectivity index (χ0) is 23.7. The highest BCUT2D eigenvalue weighted by Gasteiger charge is 2.48. The van der Waals surface area contributed by atoms with Crippen molar-refractivity contribution in [3.05, 3.63) is 48.5 Å². The maximum Gasteiger partial charge on any atom is 0.251 e. The summed E-state index contributed by atoms with van der Waals surface area (Å²) >= 11 is 0. The molecule has 0 unspecified atom stereocenters. The van der Waals surface area contributed by atoms with Crippen LogP contribution in [0.15, 0.2) is 58.3 Å². The van der Waals surface area contributed by atoms with Crippen LogP contribution >= 0.6 is 0 Å². The minimum absolute atomic E-state index is 0.222. The van der Waals surface area contributed by atoms with Gasteiger partial charge in [-0.05, 0) is 48.5 Å². The molecule has 1 amide bonds. The van der Waals surface area contributed by atoms with Crippen LogP contribution in [-0.2, 0) is 24.8 Å². The Morgan fingerprint density at radius 3 is 1.47 bits per heavy atom. The fourth-order valence-electron chi connectivity index (χ4n) is 3.33. The first-order chi connectivity index (χ1) is 15.0. The van der Waals surface area contributed by atoms with Gasteiger partial charge in [-0.3, -0.25) is 4.79 Å².